The minimum atomic E-state index is -1.14. The van der Waals surface area contributed by atoms with Gasteiger partial charge in [0.15, 0.2) is 0 Å². The fraction of sp³-hybridized carbons (Fsp3) is 0.778. The van der Waals surface area contributed by atoms with Crippen LogP contribution in [0.15, 0.2) is 0 Å². The van der Waals surface area contributed by atoms with Crippen LogP contribution >= 0.6 is 12.6 Å². The van der Waals surface area contributed by atoms with E-state index >= 15 is 0 Å². The van der Waals surface area contributed by atoms with Gasteiger partial charge in [-0.05, 0) is 31.6 Å². The molecule has 0 aromatic carbocycles. The molecule has 0 saturated heterocycles. The zero-order chi connectivity index (χ0) is 22.0. The SMILES string of the molecule is CC(C)CC(N)C(=O)NC(CS)C(=O)NC(C)C(=O)NC(CC(C)C)C(=O)O. The van der Waals surface area contributed by atoms with Crippen molar-refractivity contribution in [2.75, 3.05) is 5.75 Å². The minimum Gasteiger partial charge on any atom is -0.480 e. The number of amides is 3. The molecule has 0 fully saturated rings. The minimum absolute atomic E-state index is 0.0193. The second kappa shape index (κ2) is 12.6. The third kappa shape index (κ3) is 9.93. The van der Waals surface area contributed by atoms with Crippen LogP contribution in [0.25, 0.3) is 0 Å². The summed E-state index contributed by atoms with van der Waals surface area (Å²) in [5.41, 5.74) is 5.81. The molecule has 0 aliphatic heterocycles. The maximum atomic E-state index is 12.4. The van der Waals surface area contributed by atoms with Crippen LogP contribution < -0.4 is 21.7 Å². The molecule has 6 N–H and O–H groups in total. The summed E-state index contributed by atoms with van der Waals surface area (Å²) in [6.07, 6.45) is 0.739. The number of carboxylic acid groups (broad SMARTS) is 1. The van der Waals surface area contributed by atoms with Gasteiger partial charge in [-0.1, -0.05) is 27.7 Å². The second-order valence-electron chi connectivity index (χ2n) is 7.74. The van der Waals surface area contributed by atoms with E-state index < -0.39 is 47.9 Å². The highest BCUT2D eigenvalue weighted by Gasteiger charge is 2.28. The smallest absolute Gasteiger partial charge is 0.326 e. The van der Waals surface area contributed by atoms with E-state index in [-0.39, 0.29) is 24.0 Å². The normalized spacial score (nSPS) is 15.5. The number of hydrogen-bond acceptors (Lipinski definition) is 6. The van der Waals surface area contributed by atoms with E-state index in [0.29, 0.717) is 6.42 Å². The van der Waals surface area contributed by atoms with Crippen molar-refractivity contribution < 1.29 is 24.3 Å². The lowest BCUT2D eigenvalue weighted by Crippen LogP contribution is -2.57. The van der Waals surface area contributed by atoms with Crippen LogP contribution in [0, 0.1) is 11.8 Å². The van der Waals surface area contributed by atoms with Crippen molar-refractivity contribution in [3.63, 3.8) is 0 Å². The number of rotatable bonds is 12. The molecule has 0 aliphatic carbocycles. The fourth-order valence-corrected chi connectivity index (χ4v) is 2.71. The average Bonchev–Trinajstić information content (AvgIpc) is 2.57. The molecule has 0 spiro atoms. The third-order valence-electron chi connectivity index (χ3n) is 3.95. The summed E-state index contributed by atoms with van der Waals surface area (Å²) < 4.78 is 0. The van der Waals surface area contributed by atoms with E-state index in [1.807, 2.05) is 27.7 Å². The van der Waals surface area contributed by atoms with E-state index in [1.165, 1.54) is 6.92 Å². The molecule has 10 heteroatoms. The lowest BCUT2D eigenvalue weighted by molar-refractivity contribution is -0.142. The molecule has 0 bridgehead atoms. The van der Waals surface area contributed by atoms with Crippen LogP contribution in [0.5, 0.6) is 0 Å². The summed E-state index contributed by atoms with van der Waals surface area (Å²) in [5.74, 6) is -2.51. The van der Waals surface area contributed by atoms with Gasteiger partial charge in [0, 0.05) is 5.75 Å². The van der Waals surface area contributed by atoms with Gasteiger partial charge in [0.1, 0.15) is 18.1 Å². The van der Waals surface area contributed by atoms with E-state index in [2.05, 4.69) is 28.6 Å². The van der Waals surface area contributed by atoms with Crippen molar-refractivity contribution in [3.8, 4) is 0 Å². The molecule has 0 saturated carbocycles. The van der Waals surface area contributed by atoms with Gasteiger partial charge >= 0.3 is 5.97 Å². The van der Waals surface area contributed by atoms with Gasteiger partial charge < -0.3 is 26.8 Å². The van der Waals surface area contributed by atoms with Crippen molar-refractivity contribution >= 4 is 36.3 Å². The average molecular weight is 419 g/mol. The van der Waals surface area contributed by atoms with Crippen LogP contribution in [0.1, 0.15) is 47.5 Å². The molecular formula is C18H34N4O5S. The highest BCUT2D eigenvalue weighted by Crippen LogP contribution is 2.06. The van der Waals surface area contributed by atoms with Crippen LogP contribution in [-0.4, -0.2) is 58.7 Å². The molecule has 0 aromatic heterocycles. The van der Waals surface area contributed by atoms with Gasteiger partial charge in [0.2, 0.25) is 17.7 Å². The number of hydrogen-bond donors (Lipinski definition) is 6. The van der Waals surface area contributed by atoms with Crippen LogP contribution in [0.2, 0.25) is 0 Å². The molecule has 4 atom stereocenters. The number of thiol groups is 1. The Morgan fingerprint density at radius 2 is 1.32 bits per heavy atom. The Labute approximate surface area is 172 Å². The molecule has 9 nitrogen and oxygen atoms in total. The van der Waals surface area contributed by atoms with Crippen molar-refractivity contribution in [3.05, 3.63) is 0 Å². The molecule has 0 radical (unpaired) electrons. The number of carbonyl (C=O) groups is 4. The van der Waals surface area contributed by atoms with Gasteiger partial charge in [0.05, 0.1) is 6.04 Å². The summed E-state index contributed by atoms with van der Waals surface area (Å²) in [7, 11) is 0. The van der Waals surface area contributed by atoms with Crippen LogP contribution in [-0.2, 0) is 19.2 Å². The second-order valence-corrected chi connectivity index (χ2v) is 8.10. The highest BCUT2D eigenvalue weighted by atomic mass is 32.1. The van der Waals surface area contributed by atoms with Gasteiger partial charge in [0.25, 0.3) is 0 Å². The molecule has 4 unspecified atom stereocenters. The van der Waals surface area contributed by atoms with E-state index in [9.17, 15) is 24.3 Å². The van der Waals surface area contributed by atoms with Gasteiger partial charge in [-0.2, -0.15) is 12.6 Å². The Morgan fingerprint density at radius 1 is 0.821 bits per heavy atom. The molecule has 3 amide bonds. The standard InChI is InChI=1S/C18H34N4O5S/c1-9(2)6-12(19)16(24)22-14(8-28)17(25)20-11(5)15(23)21-13(18(26)27)7-10(3)4/h9-14,28H,6-8,19H2,1-5H3,(H,20,25)(H,21,23)(H,22,24)(H,26,27). The first-order valence-corrected chi connectivity index (χ1v) is 10.0. The van der Waals surface area contributed by atoms with Gasteiger partial charge in [-0.3, -0.25) is 14.4 Å². The van der Waals surface area contributed by atoms with Gasteiger partial charge in [-0.15, -0.1) is 0 Å². The maximum absolute atomic E-state index is 12.4. The molecular weight excluding hydrogens is 384 g/mol. The Kier molecular flexibility index (Phi) is 11.8. The van der Waals surface area contributed by atoms with Crippen LogP contribution in [0.4, 0.5) is 0 Å². The molecule has 0 aromatic rings. The number of nitrogens with one attached hydrogen (secondary N) is 3. The Morgan fingerprint density at radius 3 is 1.75 bits per heavy atom. The summed E-state index contributed by atoms with van der Waals surface area (Å²) in [4.78, 5) is 47.9. The fourth-order valence-electron chi connectivity index (χ4n) is 2.46. The quantitative estimate of drug-likeness (QED) is 0.244. The molecule has 28 heavy (non-hydrogen) atoms. The monoisotopic (exact) mass is 418 g/mol. The van der Waals surface area contributed by atoms with E-state index in [0.717, 1.165) is 0 Å². The Hall–Kier alpha value is -1.81. The Balaban J connectivity index is 4.80. The first kappa shape index (κ1) is 26.2. The highest BCUT2D eigenvalue weighted by molar-refractivity contribution is 7.80. The predicted molar refractivity (Wildman–Crippen MR) is 110 cm³/mol. The largest absolute Gasteiger partial charge is 0.480 e. The zero-order valence-electron chi connectivity index (χ0n) is 17.2. The summed E-state index contributed by atoms with van der Waals surface area (Å²) in [6, 6.07) is -3.73. The maximum Gasteiger partial charge on any atom is 0.326 e. The number of aliphatic carboxylic acids is 1. The van der Waals surface area contributed by atoms with Gasteiger partial charge in [-0.25, -0.2) is 4.79 Å². The molecule has 0 heterocycles. The van der Waals surface area contributed by atoms with Crippen molar-refractivity contribution in [2.45, 2.75) is 71.6 Å². The predicted octanol–water partition coefficient (Wildman–Crippen LogP) is -0.105. The molecule has 162 valence electrons. The Bertz CT molecular complexity index is 556. The zero-order valence-corrected chi connectivity index (χ0v) is 18.1. The third-order valence-corrected chi connectivity index (χ3v) is 4.32. The number of nitrogens with two attached hydrogens (primary N) is 1. The van der Waals surface area contributed by atoms with Crippen molar-refractivity contribution in [1.82, 2.24) is 16.0 Å². The topological polar surface area (TPSA) is 151 Å². The first-order chi connectivity index (χ1) is 12.9. The summed E-state index contributed by atoms with van der Waals surface area (Å²) in [6.45, 7) is 8.98. The summed E-state index contributed by atoms with van der Waals surface area (Å²) in [5, 5.41) is 16.6. The van der Waals surface area contributed by atoms with Crippen LogP contribution in [0.3, 0.4) is 0 Å². The summed E-state index contributed by atoms with van der Waals surface area (Å²) >= 11 is 4.07. The molecule has 0 rings (SSSR count). The van der Waals surface area contributed by atoms with Crippen molar-refractivity contribution in [1.29, 1.82) is 0 Å². The number of carboxylic acids is 1. The lowest BCUT2D eigenvalue weighted by atomic mass is 10.0. The van der Waals surface area contributed by atoms with Crippen molar-refractivity contribution in [2.24, 2.45) is 17.6 Å². The molecule has 0 aliphatic rings. The lowest BCUT2D eigenvalue weighted by Gasteiger charge is -2.23. The van der Waals surface area contributed by atoms with E-state index in [1.54, 1.807) is 0 Å². The number of carbonyl (C=O) groups excluding carboxylic acids is 3. The first-order valence-electron chi connectivity index (χ1n) is 9.39. The van der Waals surface area contributed by atoms with E-state index in [4.69, 9.17) is 5.73 Å².